The Kier molecular flexibility index (Phi) is 3.53. The number of halogens is 1. The number of ether oxygens (including phenoxy) is 1. The summed E-state index contributed by atoms with van der Waals surface area (Å²) in [4.78, 5) is 0. The van der Waals surface area contributed by atoms with E-state index in [1.807, 2.05) is 16.9 Å². The van der Waals surface area contributed by atoms with Gasteiger partial charge in [0, 0.05) is 25.4 Å². The number of hydrogen-bond donors (Lipinski definition) is 0. The van der Waals surface area contributed by atoms with Crippen molar-refractivity contribution < 1.29 is 9.13 Å². The maximum atomic E-state index is 12.6. The van der Waals surface area contributed by atoms with E-state index in [1.54, 1.807) is 18.3 Å². The number of rotatable bonds is 5. The minimum Gasteiger partial charge on any atom is -0.494 e. The van der Waals surface area contributed by atoms with E-state index in [9.17, 15) is 4.39 Å². The van der Waals surface area contributed by atoms with Crippen molar-refractivity contribution in [3.05, 3.63) is 48.5 Å². The van der Waals surface area contributed by atoms with E-state index in [4.69, 9.17) is 4.74 Å². The zero-order chi connectivity index (χ0) is 11.2. The maximum absolute atomic E-state index is 12.6. The van der Waals surface area contributed by atoms with Crippen molar-refractivity contribution >= 4 is 0 Å². The molecule has 0 N–H and O–H groups in total. The Hall–Kier alpha value is -1.84. The van der Waals surface area contributed by atoms with Gasteiger partial charge in [-0.2, -0.15) is 5.10 Å². The molecule has 2 rings (SSSR count). The first kappa shape index (κ1) is 10.7. The Morgan fingerprint density at radius 2 is 2.06 bits per heavy atom. The third-order valence-electron chi connectivity index (χ3n) is 2.17. The van der Waals surface area contributed by atoms with Gasteiger partial charge in [-0.25, -0.2) is 4.39 Å². The minimum atomic E-state index is -0.246. The zero-order valence-corrected chi connectivity index (χ0v) is 8.84. The van der Waals surface area contributed by atoms with Gasteiger partial charge in [0.05, 0.1) is 6.61 Å². The number of aryl methyl sites for hydroxylation is 1. The van der Waals surface area contributed by atoms with Gasteiger partial charge in [0.1, 0.15) is 11.6 Å². The molecule has 1 heterocycles. The number of hydrogen-bond acceptors (Lipinski definition) is 2. The Bertz CT molecular complexity index is 411. The van der Waals surface area contributed by atoms with Crippen LogP contribution in [-0.4, -0.2) is 16.4 Å². The molecule has 1 aromatic heterocycles. The highest BCUT2D eigenvalue weighted by Crippen LogP contribution is 2.11. The lowest BCUT2D eigenvalue weighted by Gasteiger charge is -2.05. The lowest BCUT2D eigenvalue weighted by Crippen LogP contribution is -2.04. The fraction of sp³-hybridized carbons (Fsp3) is 0.250. The average molecular weight is 220 g/mol. The summed E-state index contributed by atoms with van der Waals surface area (Å²) in [6.07, 6.45) is 4.54. The minimum absolute atomic E-state index is 0.246. The van der Waals surface area contributed by atoms with Gasteiger partial charge < -0.3 is 4.74 Å². The Labute approximate surface area is 93.5 Å². The molecule has 3 nitrogen and oxygen atoms in total. The summed E-state index contributed by atoms with van der Waals surface area (Å²) < 4.78 is 19.9. The number of aromatic nitrogens is 2. The van der Waals surface area contributed by atoms with Crippen molar-refractivity contribution in [2.75, 3.05) is 6.61 Å². The molecule has 4 heteroatoms. The third kappa shape index (κ3) is 3.08. The average Bonchev–Trinajstić information content (AvgIpc) is 2.80. The molecule has 1 aromatic carbocycles. The van der Waals surface area contributed by atoms with Gasteiger partial charge >= 0.3 is 0 Å². The van der Waals surface area contributed by atoms with Crippen molar-refractivity contribution in [3.8, 4) is 5.75 Å². The molecule has 0 saturated heterocycles. The largest absolute Gasteiger partial charge is 0.494 e. The standard InChI is InChI=1S/C12H13FN2O/c13-11-3-5-12(6-4-11)16-10-2-9-15-8-1-7-14-15/h1,3-8H,2,9-10H2. The summed E-state index contributed by atoms with van der Waals surface area (Å²) in [5.41, 5.74) is 0. The van der Waals surface area contributed by atoms with Crippen molar-refractivity contribution in [2.45, 2.75) is 13.0 Å². The van der Waals surface area contributed by atoms with Gasteiger partial charge in [0.15, 0.2) is 0 Å². The van der Waals surface area contributed by atoms with Crippen LogP contribution >= 0.6 is 0 Å². The van der Waals surface area contributed by atoms with Crippen LogP contribution < -0.4 is 4.74 Å². The Morgan fingerprint density at radius 1 is 1.25 bits per heavy atom. The molecule has 0 atom stereocenters. The van der Waals surface area contributed by atoms with E-state index in [1.165, 1.54) is 12.1 Å². The maximum Gasteiger partial charge on any atom is 0.123 e. The summed E-state index contributed by atoms with van der Waals surface area (Å²) in [5.74, 6) is 0.450. The van der Waals surface area contributed by atoms with E-state index in [0.29, 0.717) is 12.4 Å². The zero-order valence-electron chi connectivity index (χ0n) is 8.84. The quantitative estimate of drug-likeness (QED) is 0.724. The predicted octanol–water partition coefficient (Wildman–Crippen LogP) is 2.49. The summed E-state index contributed by atoms with van der Waals surface area (Å²) in [5, 5.41) is 4.08. The van der Waals surface area contributed by atoms with Crippen LogP contribution in [0.4, 0.5) is 4.39 Å². The first-order chi connectivity index (χ1) is 7.84. The summed E-state index contributed by atoms with van der Waals surface area (Å²) in [6.45, 7) is 1.43. The van der Waals surface area contributed by atoms with Crippen molar-refractivity contribution in [3.63, 3.8) is 0 Å². The van der Waals surface area contributed by atoms with E-state index in [0.717, 1.165) is 13.0 Å². The van der Waals surface area contributed by atoms with Crippen molar-refractivity contribution in [1.29, 1.82) is 0 Å². The summed E-state index contributed by atoms with van der Waals surface area (Å²) in [7, 11) is 0. The molecule has 0 aliphatic heterocycles. The van der Waals surface area contributed by atoms with Crippen LogP contribution in [0.3, 0.4) is 0 Å². The molecule has 2 aromatic rings. The Balaban J connectivity index is 1.70. The molecular formula is C12H13FN2O. The highest BCUT2D eigenvalue weighted by molar-refractivity contribution is 5.21. The van der Waals surface area contributed by atoms with Crippen LogP contribution in [0.25, 0.3) is 0 Å². The lowest BCUT2D eigenvalue weighted by atomic mass is 10.3. The second-order valence-corrected chi connectivity index (χ2v) is 3.43. The number of nitrogens with zero attached hydrogens (tertiary/aromatic N) is 2. The second-order valence-electron chi connectivity index (χ2n) is 3.43. The second kappa shape index (κ2) is 5.30. The van der Waals surface area contributed by atoms with Gasteiger partial charge in [0.2, 0.25) is 0 Å². The molecule has 16 heavy (non-hydrogen) atoms. The van der Waals surface area contributed by atoms with E-state index >= 15 is 0 Å². The van der Waals surface area contributed by atoms with Gasteiger partial charge in [-0.3, -0.25) is 4.68 Å². The first-order valence-corrected chi connectivity index (χ1v) is 5.20. The van der Waals surface area contributed by atoms with Crippen LogP contribution in [0.15, 0.2) is 42.7 Å². The smallest absolute Gasteiger partial charge is 0.123 e. The van der Waals surface area contributed by atoms with Gasteiger partial charge in [-0.05, 0) is 30.3 Å². The van der Waals surface area contributed by atoms with Gasteiger partial charge in [-0.1, -0.05) is 0 Å². The molecule has 0 bridgehead atoms. The van der Waals surface area contributed by atoms with Crippen LogP contribution in [0.1, 0.15) is 6.42 Å². The van der Waals surface area contributed by atoms with Gasteiger partial charge in [0.25, 0.3) is 0 Å². The van der Waals surface area contributed by atoms with Gasteiger partial charge in [-0.15, -0.1) is 0 Å². The topological polar surface area (TPSA) is 27.1 Å². The van der Waals surface area contributed by atoms with E-state index in [-0.39, 0.29) is 5.82 Å². The molecule has 0 radical (unpaired) electrons. The molecular weight excluding hydrogens is 207 g/mol. The Morgan fingerprint density at radius 3 is 2.75 bits per heavy atom. The van der Waals surface area contributed by atoms with Crippen molar-refractivity contribution in [2.24, 2.45) is 0 Å². The lowest BCUT2D eigenvalue weighted by molar-refractivity contribution is 0.298. The van der Waals surface area contributed by atoms with Crippen LogP contribution in [0.5, 0.6) is 5.75 Å². The predicted molar refractivity (Wildman–Crippen MR) is 58.7 cm³/mol. The molecule has 84 valence electrons. The molecule has 0 aliphatic carbocycles. The highest BCUT2D eigenvalue weighted by Gasteiger charge is 1.95. The van der Waals surface area contributed by atoms with Crippen LogP contribution in [0, 0.1) is 5.82 Å². The molecule has 0 amide bonds. The number of benzene rings is 1. The first-order valence-electron chi connectivity index (χ1n) is 5.20. The van der Waals surface area contributed by atoms with Crippen LogP contribution in [0.2, 0.25) is 0 Å². The third-order valence-corrected chi connectivity index (χ3v) is 2.17. The normalized spacial score (nSPS) is 10.3. The fourth-order valence-corrected chi connectivity index (χ4v) is 1.38. The molecule has 0 aliphatic rings. The highest BCUT2D eigenvalue weighted by atomic mass is 19.1. The molecule has 0 saturated carbocycles. The van der Waals surface area contributed by atoms with Crippen LogP contribution in [-0.2, 0) is 6.54 Å². The molecule has 0 fully saturated rings. The molecule has 0 spiro atoms. The van der Waals surface area contributed by atoms with Crippen molar-refractivity contribution in [1.82, 2.24) is 9.78 Å². The summed E-state index contributed by atoms with van der Waals surface area (Å²) in [6, 6.07) is 7.93. The SMILES string of the molecule is Fc1ccc(OCCCn2cccn2)cc1. The van der Waals surface area contributed by atoms with E-state index in [2.05, 4.69) is 5.10 Å². The van der Waals surface area contributed by atoms with E-state index < -0.39 is 0 Å². The monoisotopic (exact) mass is 220 g/mol. The fourth-order valence-electron chi connectivity index (χ4n) is 1.38. The molecule has 0 unspecified atom stereocenters. The summed E-state index contributed by atoms with van der Waals surface area (Å²) >= 11 is 0.